The number of carbonyl (C=O) groups is 1. The second kappa shape index (κ2) is 10.3. The Bertz CT molecular complexity index is 1380. The third-order valence-electron chi connectivity index (χ3n) is 8.02. The van der Waals surface area contributed by atoms with Gasteiger partial charge in [-0.25, -0.2) is 4.98 Å². The molecule has 10 heteroatoms. The van der Waals surface area contributed by atoms with Crippen LogP contribution in [0.3, 0.4) is 0 Å². The molecule has 2 aromatic heterocycles. The normalized spacial score (nSPS) is 19.7. The number of nitrogens with one attached hydrogen (secondary N) is 2. The largest absolute Gasteiger partial charge is 0.486 e. The predicted octanol–water partition coefficient (Wildman–Crippen LogP) is 4.41. The summed E-state index contributed by atoms with van der Waals surface area (Å²) in [5, 5.41) is 27.0. The zero-order valence-electron chi connectivity index (χ0n) is 21.5. The highest BCUT2D eigenvalue weighted by atomic mass is 32.1. The van der Waals surface area contributed by atoms with Crippen molar-refractivity contribution in [1.29, 1.82) is 5.26 Å². The van der Waals surface area contributed by atoms with Crippen molar-refractivity contribution in [3.05, 3.63) is 46.7 Å². The van der Waals surface area contributed by atoms with E-state index in [2.05, 4.69) is 36.8 Å². The summed E-state index contributed by atoms with van der Waals surface area (Å²) in [6.07, 6.45) is 10.4. The molecule has 4 heterocycles. The Balaban J connectivity index is 1.37. The summed E-state index contributed by atoms with van der Waals surface area (Å²) in [4.78, 5) is 20.3. The number of carbonyl (C=O) groups excluding carboxylic acids is 1. The molecule has 1 atom stereocenters. The fourth-order valence-corrected chi connectivity index (χ4v) is 6.72. The average molecular weight is 530 g/mol. The Hall–Kier alpha value is -3.55. The number of nitrogens with zero attached hydrogens (tertiary/aromatic N) is 5. The molecule has 0 radical (unpaired) electrons. The quantitative estimate of drug-likeness (QED) is 0.483. The number of hydrogen-bond acceptors (Lipinski definition) is 9. The van der Waals surface area contributed by atoms with Crippen LogP contribution in [0.5, 0.6) is 5.75 Å². The fourth-order valence-electron chi connectivity index (χ4n) is 5.93. The van der Waals surface area contributed by atoms with E-state index in [1.54, 1.807) is 17.8 Å². The third-order valence-corrected chi connectivity index (χ3v) is 8.91. The summed E-state index contributed by atoms with van der Waals surface area (Å²) in [7, 11) is 1.97. The van der Waals surface area contributed by atoms with Gasteiger partial charge in [-0.05, 0) is 82.2 Å². The predicted molar refractivity (Wildman–Crippen MR) is 147 cm³/mol. The lowest BCUT2D eigenvalue weighted by molar-refractivity contribution is -0.0251. The van der Waals surface area contributed by atoms with Gasteiger partial charge in [0.25, 0.3) is 5.91 Å². The molecule has 1 aliphatic carbocycles. The number of aromatic nitrogens is 3. The van der Waals surface area contributed by atoms with Crippen LogP contribution in [-0.4, -0.2) is 53.4 Å². The Labute approximate surface area is 226 Å². The minimum absolute atomic E-state index is 0.129. The van der Waals surface area contributed by atoms with Gasteiger partial charge in [0.1, 0.15) is 33.7 Å². The van der Waals surface area contributed by atoms with Gasteiger partial charge in [0, 0.05) is 24.0 Å². The summed E-state index contributed by atoms with van der Waals surface area (Å²) in [6, 6.07) is 6.32. The topological polar surface area (TPSA) is 116 Å². The first-order valence-corrected chi connectivity index (χ1v) is 14.2. The summed E-state index contributed by atoms with van der Waals surface area (Å²) in [5.74, 6) is 0.882. The van der Waals surface area contributed by atoms with Gasteiger partial charge in [-0.15, -0.1) is 11.3 Å². The van der Waals surface area contributed by atoms with Crippen LogP contribution in [0.1, 0.15) is 60.1 Å². The van der Waals surface area contributed by atoms with E-state index < -0.39 is 0 Å². The van der Waals surface area contributed by atoms with Crippen LogP contribution < -0.4 is 20.3 Å². The number of hydrogen-bond donors (Lipinski definition) is 2. The number of rotatable bonds is 6. The lowest BCUT2D eigenvalue weighted by atomic mass is 9.74. The Morgan fingerprint density at radius 3 is 2.95 bits per heavy atom. The van der Waals surface area contributed by atoms with Gasteiger partial charge in [-0.1, -0.05) is 0 Å². The van der Waals surface area contributed by atoms with Gasteiger partial charge in [0.05, 0.1) is 23.8 Å². The van der Waals surface area contributed by atoms with E-state index in [-0.39, 0.29) is 11.5 Å². The molecule has 6 rings (SSSR count). The molecule has 1 saturated heterocycles. The SMILES string of the molecule is CNC[C@@H]1CCCN(c2c(NC(=O)c3csc(-c4ccnnc4)n3)cc3c(c2C#N)OC2(CCC2)CC3)C1. The van der Waals surface area contributed by atoms with Crippen LogP contribution in [0.25, 0.3) is 10.6 Å². The fraction of sp³-hybridized carbons (Fsp3) is 0.464. The molecule has 1 saturated carbocycles. The van der Waals surface area contributed by atoms with E-state index in [1.807, 2.05) is 19.2 Å². The van der Waals surface area contributed by atoms with E-state index >= 15 is 0 Å². The van der Waals surface area contributed by atoms with Crippen LogP contribution in [0, 0.1) is 17.2 Å². The van der Waals surface area contributed by atoms with Crippen LogP contribution >= 0.6 is 11.3 Å². The summed E-state index contributed by atoms with van der Waals surface area (Å²) in [6.45, 7) is 2.56. The number of anilines is 2. The highest BCUT2D eigenvalue weighted by Gasteiger charge is 2.43. The van der Waals surface area contributed by atoms with Gasteiger partial charge in [-0.2, -0.15) is 15.5 Å². The first kappa shape index (κ1) is 24.8. The summed E-state index contributed by atoms with van der Waals surface area (Å²) < 4.78 is 6.58. The zero-order valence-corrected chi connectivity index (χ0v) is 22.3. The van der Waals surface area contributed by atoms with Gasteiger partial charge >= 0.3 is 0 Å². The van der Waals surface area contributed by atoms with Gasteiger partial charge in [0.15, 0.2) is 0 Å². The minimum atomic E-state index is -0.296. The number of nitriles is 1. The van der Waals surface area contributed by atoms with Gasteiger partial charge in [0.2, 0.25) is 0 Å². The smallest absolute Gasteiger partial charge is 0.275 e. The number of ether oxygens (including phenoxy) is 1. The molecule has 0 bridgehead atoms. The zero-order chi connectivity index (χ0) is 26.1. The van der Waals surface area contributed by atoms with Gasteiger partial charge in [-0.3, -0.25) is 4.79 Å². The molecule has 1 aromatic carbocycles. The first-order valence-electron chi connectivity index (χ1n) is 13.3. The van der Waals surface area contributed by atoms with Crippen molar-refractivity contribution in [2.75, 3.05) is 36.9 Å². The molecule has 38 heavy (non-hydrogen) atoms. The van der Waals surface area contributed by atoms with E-state index in [0.717, 1.165) is 75.0 Å². The summed E-state index contributed by atoms with van der Waals surface area (Å²) >= 11 is 1.39. The maximum absolute atomic E-state index is 13.4. The number of benzene rings is 1. The second-order valence-corrected chi connectivity index (χ2v) is 11.4. The minimum Gasteiger partial charge on any atom is -0.486 e. The third kappa shape index (κ3) is 4.61. The number of aryl methyl sites for hydroxylation is 1. The van der Waals surface area contributed by atoms with Crippen molar-refractivity contribution in [3.8, 4) is 22.4 Å². The molecule has 2 N–H and O–H groups in total. The Morgan fingerprint density at radius 2 is 2.21 bits per heavy atom. The van der Waals surface area contributed by atoms with E-state index in [1.165, 1.54) is 17.8 Å². The number of amides is 1. The maximum atomic E-state index is 13.4. The molecule has 1 spiro atoms. The number of fused-ring (bicyclic) bond motifs is 1. The van der Waals surface area contributed by atoms with E-state index in [9.17, 15) is 10.1 Å². The number of piperidine rings is 1. The number of thiazole rings is 1. The van der Waals surface area contributed by atoms with E-state index in [4.69, 9.17) is 4.74 Å². The second-order valence-electron chi connectivity index (χ2n) is 10.5. The van der Waals surface area contributed by atoms with Gasteiger partial charge < -0.3 is 20.3 Å². The molecule has 0 unspecified atom stereocenters. The van der Waals surface area contributed by atoms with Crippen LogP contribution in [0.4, 0.5) is 11.4 Å². The molecule has 3 aliphatic rings. The molecule has 2 fully saturated rings. The van der Waals surface area contributed by atoms with E-state index in [0.29, 0.717) is 33.6 Å². The van der Waals surface area contributed by atoms with Crippen LogP contribution in [-0.2, 0) is 6.42 Å². The summed E-state index contributed by atoms with van der Waals surface area (Å²) in [5.41, 5.74) is 3.97. The molecular weight excluding hydrogens is 498 g/mol. The highest BCUT2D eigenvalue weighted by Crippen LogP contribution is 2.50. The molecular formula is C28H31N7O2S. The van der Waals surface area contributed by atoms with Crippen molar-refractivity contribution in [2.24, 2.45) is 5.92 Å². The standard InChI is InChI=1S/C28H31N7O2S/c1-30-14-18-4-2-11-35(16-18)24-21(13-29)25-19(5-9-28(37-25)7-3-8-28)12-22(24)33-26(36)23-17-38-27(34-23)20-6-10-31-32-15-20/h6,10,12,15,17-18,30H,2-5,7-9,11,14,16H2,1H3,(H,33,36)/t18-/m0/s1. The van der Waals surface area contributed by atoms with Crippen molar-refractivity contribution in [1.82, 2.24) is 20.5 Å². The Kier molecular flexibility index (Phi) is 6.72. The van der Waals surface area contributed by atoms with Crippen molar-refractivity contribution < 1.29 is 9.53 Å². The maximum Gasteiger partial charge on any atom is 0.275 e. The van der Waals surface area contributed by atoms with Crippen LogP contribution in [0.15, 0.2) is 29.9 Å². The van der Waals surface area contributed by atoms with Crippen molar-refractivity contribution in [3.63, 3.8) is 0 Å². The lowest BCUT2D eigenvalue weighted by Gasteiger charge is -2.46. The monoisotopic (exact) mass is 529 g/mol. The lowest BCUT2D eigenvalue weighted by Crippen LogP contribution is -2.46. The Morgan fingerprint density at radius 1 is 1.32 bits per heavy atom. The highest BCUT2D eigenvalue weighted by molar-refractivity contribution is 7.13. The molecule has 3 aromatic rings. The first-order chi connectivity index (χ1) is 18.6. The average Bonchev–Trinajstić information content (AvgIpc) is 3.43. The van der Waals surface area contributed by atoms with Crippen LogP contribution in [0.2, 0.25) is 0 Å². The van der Waals surface area contributed by atoms with Crippen molar-refractivity contribution >= 4 is 28.6 Å². The molecule has 196 valence electrons. The molecule has 2 aliphatic heterocycles. The molecule has 9 nitrogen and oxygen atoms in total. The molecule has 1 amide bonds. The van der Waals surface area contributed by atoms with Crippen molar-refractivity contribution in [2.45, 2.75) is 50.5 Å².